The first-order chi connectivity index (χ1) is 18.8. The van der Waals surface area contributed by atoms with Crippen molar-refractivity contribution in [2.24, 2.45) is 0 Å². The summed E-state index contributed by atoms with van der Waals surface area (Å²) in [5.74, 6) is 0.834. The van der Waals surface area contributed by atoms with Crippen LogP contribution in [0.5, 0.6) is 5.75 Å². The number of carbonyl (C=O) groups is 2. The number of hydrogen-bond acceptors (Lipinski definition) is 8. The van der Waals surface area contributed by atoms with Gasteiger partial charge in [0.1, 0.15) is 17.2 Å². The molecule has 3 aliphatic rings. The molecular weight excluding hydrogens is 514 g/mol. The van der Waals surface area contributed by atoms with Gasteiger partial charge in [-0.15, -0.1) is 0 Å². The maximum atomic E-state index is 12.7. The van der Waals surface area contributed by atoms with Crippen LogP contribution in [0.15, 0.2) is 42.5 Å². The second kappa shape index (κ2) is 11.3. The van der Waals surface area contributed by atoms with E-state index < -0.39 is 0 Å². The number of thiazole rings is 1. The first-order valence-electron chi connectivity index (χ1n) is 13.2. The zero-order valence-corrected chi connectivity index (χ0v) is 23.5. The maximum absolute atomic E-state index is 12.7. The van der Waals surface area contributed by atoms with E-state index in [0.29, 0.717) is 13.2 Å². The summed E-state index contributed by atoms with van der Waals surface area (Å²) in [6.45, 7) is 10.6. The molecule has 0 bridgehead atoms. The predicted molar refractivity (Wildman–Crippen MR) is 153 cm³/mol. The van der Waals surface area contributed by atoms with Crippen LogP contribution in [0, 0.1) is 0 Å². The van der Waals surface area contributed by atoms with Crippen LogP contribution in [0.3, 0.4) is 0 Å². The molecule has 0 unspecified atom stereocenters. The van der Waals surface area contributed by atoms with Crippen molar-refractivity contribution in [3.8, 4) is 16.9 Å². The third-order valence-electron chi connectivity index (χ3n) is 7.27. The summed E-state index contributed by atoms with van der Waals surface area (Å²) in [6, 6.07) is 15.3. The van der Waals surface area contributed by atoms with E-state index in [4.69, 9.17) is 19.6 Å². The molecule has 4 heterocycles. The average Bonchev–Trinajstić information content (AvgIpc) is 3.33. The van der Waals surface area contributed by atoms with Crippen LogP contribution in [0.1, 0.15) is 34.8 Å². The van der Waals surface area contributed by atoms with Crippen molar-refractivity contribution in [3.63, 3.8) is 0 Å². The number of hydrogen-bond donors (Lipinski definition) is 2. The molecule has 3 aromatic rings. The Labute approximate surface area is 233 Å². The average molecular weight is 550 g/mol. The van der Waals surface area contributed by atoms with Crippen LogP contribution >= 0.6 is 11.3 Å². The van der Waals surface area contributed by atoms with Crippen LogP contribution in [-0.2, 0) is 17.8 Å². The van der Waals surface area contributed by atoms with Crippen LogP contribution in [0.4, 0.5) is 10.8 Å². The summed E-state index contributed by atoms with van der Waals surface area (Å²) in [4.78, 5) is 33.8. The molecule has 39 heavy (non-hydrogen) atoms. The molecule has 0 atom stereocenters. The topological polar surface area (TPSA) is 98.2 Å². The molecular formula is C29H35N5O4S. The van der Waals surface area contributed by atoms with Crippen molar-refractivity contribution in [1.82, 2.24) is 20.1 Å². The number of carbonyl (C=O) groups excluding carboxylic acids is 1. The molecule has 1 amide bonds. The Morgan fingerprint density at radius 2 is 1.85 bits per heavy atom. The molecule has 1 fully saturated rings. The zero-order chi connectivity index (χ0) is 27.6. The fourth-order valence-corrected chi connectivity index (χ4v) is 6.31. The molecule has 0 radical (unpaired) electrons. The molecule has 1 aromatic heterocycles. The van der Waals surface area contributed by atoms with Gasteiger partial charge in [0.2, 0.25) is 0 Å². The summed E-state index contributed by atoms with van der Waals surface area (Å²) < 4.78 is 6.00. The lowest BCUT2D eigenvalue weighted by atomic mass is 9.94. The van der Waals surface area contributed by atoms with Gasteiger partial charge in [-0.05, 0) is 55.8 Å². The van der Waals surface area contributed by atoms with Crippen molar-refractivity contribution in [2.75, 3.05) is 51.3 Å². The van der Waals surface area contributed by atoms with Crippen molar-refractivity contribution in [3.05, 3.63) is 58.6 Å². The van der Waals surface area contributed by atoms with E-state index in [1.165, 1.54) is 22.5 Å². The van der Waals surface area contributed by atoms with E-state index in [2.05, 4.69) is 69.5 Å². The number of nitrogens with one attached hydrogen (secondary N) is 1. The highest BCUT2D eigenvalue weighted by Crippen LogP contribution is 2.42. The van der Waals surface area contributed by atoms with Crippen LogP contribution in [-0.4, -0.2) is 84.2 Å². The van der Waals surface area contributed by atoms with Crippen LogP contribution in [0.25, 0.3) is 11.1 Å². The number of likely N-dealkylation sites (N-methyl/N-ethyl adjacent to an activating group) is 1. The molecule has 6 rings (SSSR count). The largest absolute Gasteiger partial charge is 0.490 e. The van der Waals surface area contributed by atoms with Gasteiger partial charge in [0.05, 0.1) is 17.9 Å². The number of nitrogens with zero attached hydrogens (tertiary/aromatic N) is 4. The standard InChI is InChI=1S/C28H33N5O2S.CH2O2/c1-28(2)17-22-25(26(34)30-28)36-27(29-22)33-13-14-35-24-8-7-21(16-23(24)33)20-6-4-5-19(15-20)18-32-11-9-31(3)10-12-32;2-1-3/h4-8,15-16H,9-14,17-18H2,1-3H3,(H,30,34);1H,(H,2,3). The van der Waals surface area contributed by atoms with E-state index >= 15 is 0 Å². The van der Waals surface area contributed by atoms with Crippen molar-refractivity contribution >= 4 is 34.5 Å². The van der Waals surface area contributed by atoms with E-state index in [-0.39, 0.29) is 17.9 Å². The highest BCUT2D eigenvalue weighted by atomic mass is 32.1. The molecule has 0 aliphatic carbocycles. The van der Waals surface area contributed by atoms with Gasteiger partial charge in [-0.3, -0.25) is 14.5 Å². The van der Waals surface area contributed by atoms with E-state index in [1.807, 2.05) is 13.8 Å². The Bertz CT molecular complexity index is 1350. The van der Waals surface area contributed by atoms with Gasteiger partial charge in [-0.25, -0.2) is 4.98 Å². The van der Waals surface area contributed by atoms with E-state index in [0.717, 1.165) is 71.8 Å². The number of rotatable bonds is 4. The van der Waals surface area contributed by atoms with Crippen molar-refractivity contribution < 1.29 is 19.4 Å². The second-order valence-corrected chi connectivity index (χ2v) is 11.8. The van der Waals surface area contributed by atoms with Gasteiger partial charge in [-0.1, -0.05) is 35.6 Å². The minimum Gasteiger partial charge on any atom is -0.490 e. The quantitative estimate of drug-likeness (QED) is 0.474. The van der Waals surface area contributed by atoms with Crippen LogP contribution < -0.4 is 15.0 Å². The summed E-state index contributed by atoms with van der Waals surface area (Å²) in [5, 5.41) is 10.8. The normalized spacial score (nSPS) is 18.6. The van der Waals surface area contributed by atoms with Gasteiger partial charge in [0.15, 0.2) is 5.13 Å². The molecule has 1 saturated heterocycles. The Morgan fingerprint density at radius 1 is 1.10 bits per heavy atom. The molecule has 9 nitrogen and oxygen atoms in total. The number of amides is 1. The fraction of sp³-hybridized carbons (Fsp3) is 0.414. The highest BCUT2D eigenvalue weighted by Gasteiger charge is 2.34. The van der Waals surface area contributed by atoms with Crippen molar-refractivity contribution in [1.29, 1.82) is 0 Å². The fourth-order valence-electron chi connectivity index (χ4n) is 5.29. The van der Waals surface area contributed by atoms with Crippen molar-refractivity contribution in [2.45, 2.75) is 32.4 Å². The minimum atomic E-state index is -0.277. The molecule has 3 aliphatic heterocycles. The predicted octanol–water partition coefficient (Wildman–Crippen LogP) is 3.85. The van der Waals surface area contributed by atoms with Crippen LogP contribution in [0.2, 0.25) is 0 Å². The third kappa shape index (κ3) is 6.08. The SMILES string of the molecule is CN1CCN(Cc2cccc(-c3ccc4c(c3)N(c3nc5c(s3)C(=O)NC(C)(C)C5)CCO4)c2)CC1.O=CO. The molecule has 2 N–H and O–H groups in total. The Hall–Kier alpha value is -3.47. The molecule has 0 spiro atoms. The number of fused-ring (bicyclic) bond motifs is 2. The summed E-state index contributed by atoms with van der Waals surface area (Å²) in [5.41, 5.74) is 5.32. The molecule has 2 aromatic carbocycles. The van der Waals surface area contributed by atoms with E-state index in [9.17, 15) is 4.79 Å². The number of carboxylic acid groups (broad SMARTS) is 1. The Kier molecular flexibility index (Phi) is 7.88. The minimum absolute atomic E-state index is 0.0237. The number of anilines is 2. The third-order valence-corrected chi connectivity index (χ3v) is 8.39. The monoisotopic (exact) mass is 549 g/mol. The first-order valence-corrected chi connectivity index (χ1v) is 14.0. The lowest BCUT2D eigenvalue weighted by Gasteiger charge is -2.32. The van der Waals surface area contributed by atoms with Gasteiger partial charge in [-0.2, -0.15) is 0 Å². The summed E-state index contributed by atoms with van der Waals surface area (Å²) in [7, 11) is 2.19. The maximum Gasteiger partial charge on any atom is 0.290 e. The Balaban J connectivity index is 0.000000983. The molecule has 10 heteroatoms. The van der Waals surface area contributed by atoms with Gasteiger partial charge in [0, 0.05) is 44.7 Å². The molecule has 0 saturated carbocycles. The van der Waals surface area contributed by atoms with Gasteiger partial charge < -0.3 is 25.0 Å². The lowest BCUT2D eigenvalue weighted by molar-refractivity contribution is -0.122. The highest BCUT2D eigenvalue weighted by molar-refractivity contribution is 7.17. The lowest BCUT2D eigenvalue weighted by Crippen LogP contribution is -2.48. The smallest absolute Gasteiger partial charge is 0.290 e. The summed E-state index contributed by atoms with van der Waals surface area (Å²) in [6.07, 6.45) is 0.738. The second-order valence-electron chi connectivity index (χ2n) is 10.9. The zero-order valence-electron chi connectivity index (χ0n) is 22.6. The van der Waals surface area contributed by atoms with Gasteiger partial charge in [0.25, 0.3) is 12.4 Å². The van der Waals surface area contributed by atoms with E-state index in [1.54, 1.807) is 0 Å². The summed E-state index contributed by atoms with van der Waals surface area (Å²) >= 11 is 1.48. The number of ether oxygens (including phenoxy) is 1. The molecule has 206 valence electrons. The number of aromatic nitrogens is 1. The number of benzene rings is 2. The number of piperazine rings is 1. The Morgan fingerprint density at radius 3 is 2.62 bits per heavy atom. The first kappa shape index (κ1) is 27.1. The van der Waals surface area contributed by atoms with Gasteiger partial charge >= 0.3 is 0 Å².